The lowest BCUT2D eigenvalue weighted by molar-refractivity contribution is 0.316. The van der Waals surface area contributed by atoms with Crippen LogP contribution in [0.1, 0.15) is 24.1 Å². The first-order valence-electron chi connectivity index (χ1n) is 8.03. The molecule has 10 heteroatoms. The summed E-state index contributed by atoms with van der Waals surface area (Å²) in [5.41, 5.74) is 0. The summed E-state index contributed by atoms with van der Waals surface area (Å²) in [4.78, 5) is 7.41. The van der Waals surface area contributed by atoms with Crippen molar-refractivity contribution in [1.82, 2.24) is 14.9 Å². The lowest BCUT2D eigenvalue weighted by Crippen LogP contribution is -2.42. The Morgan fingerprint density at radius 1 is 1.44 bits per heavy atom. The molecule has 1 aliphatic rings. The SMILES string of the molecule is CN=C(NCCS(=O)(=O)NCC1CCC1)N(C)Cc1ccc(Br)s1.I. The number of hydrogen-bond acceptors (Lipinski definition) is 4. The quantitative estimate of drug-likeness (QED) is 0.289. The van der Waals surface area contributed by atoms with E-state index in [1.54, 1.807) is 18.4 Å². The van der Waals surface area contributed by atoms with Crippen molar-refractivity contribution in [2.24, 2.45) is 10.9 Å². The molecule has 1 heterocycles. The molecule has 0 radical (unpaired) electrons. The molecule has 2 rings (SSSR count). The fourth-order valence-corrected chi connectivity index (χ4v) is 4.98. The molecule has 1 aromatic rings. The second-order valence-electron chi connectivity index (χ2n) is 6.00. The van der Waals surface area contributed by atoms with Gasteiger partial charge in [-0.2, -0.15) is 0 Å². The van der Waals surface area contributed by atoms with Crippen molar-refractivity contribution in [2.75, 3.05) is 32.9 Å². The average Bonchev–Trinajstić information content (AvgIpc) is 2.86. The lowest BCUT2D eigenvalue weighted by atomic mass is 9.86. The minimum absolute atomic E-state index is 0. The molecule has 1 saturated carbocycles. The summed E-state index contributed by atoms with van der Waals surface area (Å²) in [6.07, 6.45) is 3.49. The molecule has 1 fully saturated rings. The van der Waals surface area contributed by atoms with Gasteiger partial charge in [-0.25, -0.2) is 13.1 Å². The van der Waals surface area contributed by atoms with Gasteiger partial charge in [-0.05, 0) is 46.8 Å². The van der Waals surface area contributed by atoms with Gasteiger partial charge >= 0.3 is 0 Å². The number of thiophene rings is 1. The van der Waals surface area contributed by atoms with Crippen molar-refractivity contribution < 1.29 is 8.42 Å². The smallest absolute Gasteiger partial charge is 0.213 e. The predicted molar refractivity (Wildman–Crippen MR) is 119 cm³/mol. The summed E-state index contributed by atoms with van der Waals surface area (Å²) in [6.45, 7) is 1.64. The molecule has 0 spiro atoms. The van der Waals surface area contributed by atoms with Crippen molar-refractivity contribution in [3.05, 3.63) is 20.8 Å². The van der Waals surface area contributed by atoms with Gasteiger partial charge in [0.15, 0.2) is 5.96 Å². The molecule has 25 heavy (non-hydrogen) atoms. The number of halogens is 2. The van der Waals surface area contributed by atoms with Gasteiger partial charge in [-0.15, -0.1) is 35.3 Å². The lowest BCUT2D eigenvalue weighted by Gasteiger charge is -2.25. The standard InChI is InChI=1S/C15H25BrN4O2S2.HI/c1-17-15(20(2)11-13-6-7-14(16)23-13)18-8-9-24(21,22)19-10-12-4-3-5-12;/h6-7,12,19H,3-5,8-11H2,1-2H3,(H,17,18);1H. The van der Waals surface area contributed by atoms with Crippen molar-refractivity contribution in [3.63, 3.8) is 0 Å². The molecular weight excluding hydrogens is 539 g/mol. The monoisotopic (exact) mass is 564 g/mol. The van der Waals surface area contributed by atoms with Gasteiger partial charge in [0.2, 0.25) is 10.0 Å². The molecule has 1 aliphatic carbocycles. The zero-order valence-corrected chi connectivity index (χ0v) is 20.0. The van der Waals surface area contributed by atoms with Crippen LogP contribution in [0.3, 0.4) is 0 Å². The Hall–Kier alpha value is 0.0900. The Kier molecular flexibility index (Phi) is 10.2. The van der Waals surface area contributed by atoms with Crippen LogP contribution < -0.4 is 10.0 Å². The van der Waals surface area contributed by atoms with Crippen molar-refractivity contribution in [2.45, 2.75) is 25.8 Å². The first-order valence-corrected chi connectivity index (χ1v) is 11.3. The Balaban J connectivity index is 0.00000312. The van der Waals surface area contributed by atoms with Gasteiger partial charge in [0.25, 0.3) is 0 Å². The number of sulfonamides is 1. The number of rotatable bonds is 8. The summed E-state index contributed by atoms with van der Waals surface area (Å²) in [5.74, 6) is 1.27. The minimum Gasteiger partial charge on any atom is -0.355 e. The Morgan fingerprint density at radius 3 is 2.68 bits per heavy atom. The van der Waals surface area contributed by atoms with Crippen LogP contribution in [0.2, 0.25) is 0 Å². The van der Waals surface area contributed by atoms with E-state index in [4.69, 9.17) is 0 Å². The molecule has 0 unspecified atom stereocenters. The largest absolute Gasteiger partial charge is 0.355 e. The molecule has 0 saturated heterocycles. The fraction of sp³-hybridized carbons (Fsp3) is 0.667. The van der Waals surface area contributed by atoms with E-state index in [9.17, 15) is 8.42 Å². The summed E-state index contributed by atoms with van der Waals surface area (Å²) >= 11 is 5.13. The number of nitrogens with zero attached hydrogens (tertiary/aromatic N) is 2. The average molecular weight is 565 g/mol. The fourth-order valence-electron chi connectivity index (χ4n) is 2.44. The van der Waals surface area contributed by atoms with Crippen LogP contribution in [0.5, 0.6) is 0 Å². The maximum atomic E-state index is 12.0. The first kappa shape index (κ1) is 23.1. The maximum Gasteiger partial charge on any atom is 0.213 e. The molecule has 2 N–H and O–H groups in total. The topological polar surface area (TPSA) is 73.8 Å². The number of guanidine groups is 1. The van der Waals surface area contributed by atoms with E-state index in [1.165, 1.54) is 11.3 Å². The first-order chi connectivity index (χ1) is 11.4. The molecule has 1 aromatic heterocycles. The summed E-state index contributed by atoms with van der Waals surface area (Å²) in [6, 6.07) is 4.08. The third kappa shape index (κ3) is 8.10. The van der Waals surface area contributed by atoms with Crippen molar-refractivity contribution >= 4 is 67.2 Å². The van der Waals surface area contributed by atoms with Crippen LogP contribution in [0.25, 0.3) is 0 Å². The van der Waals surface area contributed by atoms with Gasteiger partial charge in [-0.3, -0.25) is 4.99 Å². The zero-order chi connectivity index (χ0) is 17.6. The van der Waals surface area contributed by atoms with Gasteiger partial charge in [0, 0.05) is 32.1 Å². The van der Waals surface area contributed by atoms with E-state index in [1.807, 2.05) is 18.0 Å². The zero-order valence-electron chi connectivity index (χ0n) is 14.5. The summed E-state index contributed by atoms with van der Waals surface area (Å²) in [5, 5.41) is 3.12. The van der Waals surface area contributed by atoms with Crippen LogP contribution in [0.15, 0.2) is 20.9 Å². The highest BCUT2D eigenvalue weighted by molar-refractivity contribution is 14.0. The summed E-state index contributed by atoms with van der Waals surface area (Å²) < 4.78 is 27.8. The van der Waals surface area contributed by atoms with Crippen LogP contribution in [0, 0.1) is 5.92 Å². The number of nitrogens with one attached hydrogen (secondary N) is 2. The molecule has 0 aliphatic heterocycles. The second-order valence-corrected chi connectivity index (χ2v) is 10.5. The Bertz CT molecular complexity index is 662. The molecule has 6 nitrogen and oxygen atoms in total. The predicted octanol–water partition coefficient (Wildman–Crippen LogP) is 2.86. The summed E-state index contributed by atoms with van der Waals surface area (Å²) in [7, 11) is 0.410. The molecule has 0 amide bonds. The van der Waals surface area contributed by atoms with E-state index in [0.717, 1.165) is 23.2 Å². The van der Waals surface area contributed by atoms with E-state index in [0.29, 0.717) is 25.0 Å². The van der Waals surface area contributed by atoms with Gasteiger partial charge in [-0.1, -0.05) is 6.42 Å². The van der Waals surface area contributed by atoms with E-state index in [2.05, 4.69) is 37.0 Å². The maximum absolute atomic E-state index is 12.0. The Morgan fingerprint density at radius 2 is 2.16 bits per heavy atom. The minimum atomic E-state index is -3.23. The molecular formula is C15H26BrIN4O2S2. The molecule has 144 valence electrons. The number of hydrogen-bond donors (Lipinski definition) is 2. The second kappa shape index (κ2) is 11.1. The van der Waals surface area contributed by atoms with Crippen LogP contribution >= 0.6 is 51.2 Å². The Labute approximate surface area is 180 Å². The number of aliphatic imine (C=N–C) groups is 1. The molecule has 0 atom stereocenters. The van der Waals surface area contributed by atoms with Gasteiger partial charge in [0.05, 0.1) is 16.1 Å². The highest BCUT2D eigenvalue weighted by Gasteiger charge is 2.20. The highest BCUT2D eigenvalue weighted by atomic mass is 127. The van der Waals surface area contributed by atoms with E-state index in [-0.39, 0.29) is 29.7 Å². The third-order valence-corrected chi connectivity index (χ3v) is 7.02. The molecule has 0 aromatic carbocycles. The van der Waals surface area contributed by atoms with E-state index >= 15 is 0 Å². The van der Waals surface area contributed by atoms with Crippen LogP contribution in [0.4, 0.5) is 0 Å². The van der Waals surface area contributed by atoms with Gasteiger partial charge < -0.3 is 10.2 Å². The molecule has 0 bridgehead atoms. The van der Waals surface area contributed by atoms with Crippen molar-refractivity contribution in [3.8, 4) is 0 Å². The third-order valence-electron chi connectivity index (χ3n) is 4.07. The van der Waals surface area contributed by atoms with E-state index < -0.39 is 10.0 Å². The van der Waals surface area contributed by atoms with Crippen LogP contribution in [-0.4, -0.2) is 52.2 Å². The van der Waals surface area contributed by atoms with Crippen molar-refractivity contribution in [1.29, 1.82) is 0 Å². The van der Waals surface area contributed by atoms with Gasteiger partial charge in [0.1, 0.15) is 0 Å². The van der Waals surface area contributed by atoms with Crippen LogP contribution in [-0.2, 0) is 16.6 Å². The highest BCUT2D eigenvalue weighted by Crippen LogP contribution is 2.25. The normalized spacial score (nSPS) is 15.4.